The van der Waals surface area contributed by atoms with Gasteiger partial charge in [0, 0.05) is 17.1 Å². The van der Waals surface area contributed by atoms with Crippen molar-refractivity contribution in [3.8, 4) is 0 Å². The van der Waals surface area contributed by atoms with E-state index >= 15 is 0 Å². The van der Waals surface area contributed by atoms with E-state index in [9.17, 15) is 14.7 Å². The van der Waals surface area contributed by atoms with Crippen LogP contribution in [0.1, 0.15) is 74.9 Å². The van der Waals surface area contributed by atoms with Crippen LogP contribution in [-0.2, 0) is 22.7 Å². The Balaban J connectivity index is 1.80. The summed E-state index contributed by atoms with van der Waals surface area (Å²) < 4.78 is 5.80. The fourth-order valence-electron chi connectivity index (χ4n) is 3.86. The number of carboxylic acid groups (broad SMARTS) is 1. The first-order valence-electron chi connectivity index (χ1n) is 13.5. The lowest BCUT2D eigenvalue weighted by atomic mass is 10.1. The Labute approximate surface area is 238 Å². The number of amides is 1. The third kappa shape index (κ3) is 13.5. The molecule has 2 N–H and O–H groups in total. The highest BCUT2D eigenvalue weighted by Crippen LogP contribution is 2.15. The molecule has 0 aliphatic rings. The topological polar surface area (TPSA) is 75.6 Å². The Hall–Kier alpha value is -3.09. The maximum absolute atomic E-state index is 13.0. The predicted molar refractivity (Wildman–Crippen MR) is 163 cm³/mol. The third-order valence-corrected chi connectivity index (χ3v) is 7.16. The number of nitrogens with one attached hydrogen (secondary N) is 1. The van der Waals surface area contributed by atoms with Crippen molar-refractivity contribution in [1.82, 2.24) is 5.32 Å². The molecule has 0 aromatic heterocycles. The number of thioether (sulfide) groups is 1. The average Bonchev–Trinajstić information content (AvgIpc) is 2.91. The molecule has 2 aromatic carbocycles. The molecule has 0 aliphatic heterocycles. The Kier molecular flexibility index (Phi) is 15.0. The molecule has 39 heavy (non-hydrogen) atoms. The smallest absolute Gasteiger partial charge is 0.327 e. The summed E-state index contributed by atoms with van der Waals surface area (Å²) in [5.41, 5.74) is 6.27. The highest BCUT2D eigenvalue weighted by atomic mass is 32.2. The van der Waals surface area contributed by atoms with Crippen LogP contribution in [0.5, 0.6) is 0 Å². The van der Waals surface area contributed by atoms with Gasteiger partial charge in [-0.1, -0.05) is 83.5 Å². The van der Waals surface area contributed by atoms with Gasteiger partial charge in [-0.3, -0.25) is 4.79 Å². The van der Waals surface area contributed by atoms with Crippen LogP contribution in [0.15, 0.2) is 89.5 Å². The monoisotopic (exact) mass is 549 g/mol. The molecule has 0 aliphatic carbocycles. The van der Waals surface area contributed by atoms with Gasteiger partial charge in [0.15, 0.2) is 0 Å². The number of rotatable bonds is 17. The molecule has 0 radical (unpaired) electrons. The van der Waals surface area contributed by atoms with Crippen LogP contribution in [0.2, 0.25) is 0 Å². The molecular formula is C33H43NO4S. The van der Waals surface area contributed by atoms with Crippen LogP contribution in [-0.4, -0.2) is 34.5 Å². The number of benzene rings is 2. The number of ether oxygens (including phenoxy) is 1. The molecule has 1 atom stereocenters. The van der Waals surface area contributed by atoms with Crippen LogP contribution in [0, 0.1) is 0 Å². The van der Waals surface area contributed by atoms with E-state index in [1.54, 1.807) is 12.1 Å². The summed E-state index contributed by atoms with van der Waals surface area (Å²) in [7, 11) is 0. The van der Waals surface area contributed by atoms with E-state index in [-0.39, 0.29) is 6.61 Å². The van der Waals surface area contributed by atoms with E-state index in [1.165, 1.54) is 28.5 Å². The molecule has 6 heteroatoms. The van der Waals surface area contributed by atoms with Gasteiger partial charge in [0.25, 0.3) is 5.91 Å². The van der Waals surface area contributed by atoms with E-state index in [0.717, 1.165) is 36.8 Å². The Morgan fingerprint density at radius 2 is 1.51 bits per heavy atom. The van der Waals surface area contributed by atoms with E-state index in [4.69, 9.17) is 4.74 Å². The van der Waals surface area contributed by atoms with Crippen LogP contribution >= 0.6 is 11.8 Å². The first-order valence-corrected chi connectivity index (χ1v) is 14.7. The van der Waals surface area contributed by atoms with Crippen molar-refractivity contribution < 1.29 is 19.4 Å². The number of hydrogen-bond acceptors (Lipinski definition) is 4. The summed E-state index contributed by atoms with van der Waals surface area (Å²) in [5, 5.41) is 12.4. The lowest BCUT2D eigenvalue weighted by Crippen LogP contribution is -2.43. The van der Waals surface area contributed by atoms with Crippen molar-refractivity contribution in [2.24, 2.45) is 0 Å². The molecule has 0 unspecified atom stereocenters. The van der Waals surface area contributed by atoms with Crippen LogP contribution in [0.25, 0.3) is 0 Å². The third-order valence-electron chi connectivity index (χ3n) is 6.19. The molecule has 0 spiro atoms. The Morgan fingerprint density at radius 1 is 0.872 bits per heavy atom. The average molecular weight is 550 g/mol. The molecule has 1 amide bonds. The molecule has 0 bridgehead atoms. The van der Waals surface area contributed by atoms with Crippen molar-refractivity contribution in [2.75, 3.05) is 11.5 Å². The van der Waals surface area contributed by atoms with Gasteiger partial charge in [-0.2, -0.15) is 11.8 Å². The van der Waals surface area contributed by atoms with Gasteiger partial charge in [0.05, 0.1) is 13.2 Å². The van der Waals surface area contributed by atoms with Gasteiger partial charge in [0.2, 0.25) is 0 Å². The SMILES string of the molecule is CC(C)=CCC/C(C)=C/CC/C(C)=C/CSC[C@H](NC(=O)c1ccccc1COCc1ccccc1)C(=O)O. The summed E-state index contributed by atoms with van der Waals surface area (Å²) in [6, 6.07) is 16.0. The number of allylic oxidation sites excluding steroid dienone is 5. The van der Waals surface area contributed by atoms with Gasteiger partial charge < -0.3 is 15.2 Å². The fourth-order valence-corrected chi connectivity index (χ4v) is 4.86. The molecule has 210 valence electrons. The summed E-state index contributed by atoms with van der Waals surface area (Å²) in [4.78, 5) is 24.8. The molecule has 0 heterocycles. The van der Waals surface area contributed by atoms with Crippen LogP contribution < -0.4 is 5.32 Å². The second kappa shape index (κ2) is 18.2. The van der Waals surface area contributed by atoms with Crippen molar-refractivity contribution in [2.45, 2.75) is 72.6 Å². The van der Waals surface area contributed by atoms with Crippen molar-refractivity contribution in [1.29, 1.82) is 0 Å². The zero-order chi connectivity index (χ0) is 28.5. The molecule has 5 nitrogen and oxygen atoms in total. The minimum absolute atomic E-state index is 0.263. The molecule has 2 aromatic rings. The van der Waals surface area contributed by atoms with E-state index in [0.29, 0.717) is 23.7 Å². The first kappa shape index (κ1) is 32.1. The zero-order valence-electron chi connectivity index (χ0n) is 23.7. The number of hydrogen-bond donors (Lipinski definition) is 2. The summed E-state index contributed by atoms with van der Waals surface area (Å²) in [5.74, 6) is -0.442. The standard InChI is InChI=1S/C33H43NO4S/c1-25(2)12-10-13-26(3)14-11-15-27(4)20-21-39-24-31(33(36)37)34-32(35)30-19-9-8-18-29(30)23-38-22-28-16-6-5-7-17-28/h5-9,12,14,16-20,31H,10-11,13,15,21-24H2,1-4H3,(H,34,35)(H,36,37)/b26-14+,27-20+/t31-/m0/s1. The molecule has 2 rings (SSSR count). The van der Waals surface area contributed by atoms with Crippen molar-refractivity contribution in [3.05, 3.63) is 106 Å². The maximum atomic E-state index is 13.0. The van der Waals surface area contributed by atoms with Crippen molar-refractivity contribution in [3.63, 3.8) is 0 Å². The Bertz CT molecular complexity index is 1130. The number of carbonyl (C=O) groups is 2. The second-order valence-corrected chi connectivity index (χ2v) is 11.1. The van der Waals surface area contributed by atoms with Gasteiger partial charge in [-0.05, 0) is 70.6 Å². The largest absolute Gasteiger partial charge is 0.480 e. The minimum atomic E-state index is -1.04. The normalized spacial score (nSPS) is 12.6. The van der Waals surface area contributed by atoms with Crippen LogP contribution in [0.4, 0.5) is 0 Å². The molecule has 0 saturated heterocycles. The predicted octanol–water partition coefficient (Wildman–Crippen LogP) is 7.74. The number of carboxylic acids is 1. The fraction of sp³-hybridized carbons (Fsp3) is 0.394. The van der Waals surface area contributed by atoms with E-state index in [1.807, 2.05) is 42.5 Å². The van der Waals surface area contributed by atoms with Gasteiger partial charge >= 0.3 is 5.97 Å². The van der Waals surface area contributed by atoms with Crippen LogP contribution in [0.3, 0.4) is 0 Å². The Morgan fingerprint density at radius 3 is 2.21 bits per heavy atom. The highest BCUT2D eigenvalue weighted by Gasteiger charge is 2.22. The molecular weight excluding hydrogens is 506 g/mol. The lowest BCUT2D eigenvalue weighted by Gasteiger charge is -2.16. The lowest BCUT2D eigenvalue weighted by molar-refractivity contribution is -0.138. The maximum Gasteiger partial charge on any atom is 0.327 e. The zero-order valence-corrected chi connectivity index (χ0v) is 24.6. The molecule has 0 fully saturated rings. The number of carbonyl (C=O) groups excluding carboxylic acids is 1. The minimum Gasteiger partial charge on any atom is -0.480 e. The number of aliphatic carboxylic acids is 1. The highest BCUT2D eigenvalue weighted by molar-refractivity contribution is 7.99. The second-order valence-electron chi connectivity index (χ2n) is 10.00. The van der Waals surface area contributed by atoms with Gasteiger partial charge in [-0.25, -0.2) is 4.79 Å². The molecule has 0 saturated carbocycles. The first-order chi connectivity index (χ1) is 18.8. The van der Waals surface area contributed by atoms with Gasteiger partial charge in [-0.15, -0.1) is 0 Å². The quantitative estimate of drug-likeness (QED) is 0.156. The van der Waals surface area contributed by atoms with E-state index < -0.39 is 17.9 Å². The summed E-state index contributed by atoms with van der Waals surface area (Å²) >= 11 is 1.51. The van der Waals surface area contributed by atoms with Crippen molar-refractivity contribution >= 4 is 23.6 Å². The van der Waals surface area contributed by atoms with Gasteiger partial charge in [0.1, 0.15) is 6.04 Å². The van der Waals surface area contributed by atoms with E-state index in [2.05, 4.69) is 51.2 Å². The summed E-state index contributed by atoms with van der Waals surface area (Å²) in [6.45, 7) is 9.25. The summed E-state index contributed by atoms with van der Waals surface area (Å²) in [6.07, 6.45) is 10.9.